The fourth-order valence-corrected chi connectivity index (χ4v) is 9.56. The van der Waals surface area contributed by atoms with Crippen molar-refractivity contribution >= 4 is 51.2 Å². The minimum Gasteiger partial charge on any atom is -0.316 e. The van der Waals surface area contributed by atoms with Crippen molar-refractivity contribution in [1.82, 2.24) is 14.5 Å². The number of rotatable bonds is 2. The van der Waals surface area contributed by atoms with Crippen LogP contribution in [0, 0.1) is 5.92 Å². The van der Waals surface area contributed by atoms with Crippen LogP contribution in [0.3, 0.4) is 0 Å². The van der Waals surface area contributed by atoms with Crippen LogP contribution in [-0.2, 0) is 0 Å². The van der Waals surface area contributed by atoms with Crippen LogP contribution in [0.25, 0.3) is 67.6 Å². The van der Waals surface area contributed by atoms with Crippen molar-refractivity contribution in [3.63, 3.8) is 0 Å². The first-order valence-corrected chi connectivity index (χ1v) is 18.3. The predicted octanol–water partition coefficient (Wildman–Crippen LogP) is 9.56. The lowest BCUT2D eigenvalue weighted by Crippen LogP contribution is -2.40. The van der Waals surface area contributed by atoms with Gasteiger partial charge in [-0.05, 0) is 59.0 Å². The summed E-state index contributed by atoms with van der Waals surface area (Å²) in [4.78, 5) is 13.4. The van der Waals surface area contributed by atoms with Crippen molar-refractivity contribution in [2.45, 2.75) is 18.4 Å². The third-order valence-corrected chi connectivity index (χ3v) is 11.8. The minimum absolute atomic E-state index is 0.0167. The molecule has 12 rings (SSSR count). The van der Waals surface area contributed by atoms with Crippen molar-refractivity contribution in [1.29, 1.82) is 0 Å². The lowest BCUT2D eigenvalue weighted by Gasteiger charge is -2.31. The molecule has 0 saturated carbocycles. The van der Waals surface area contributed by atoms with Crippen LogP contribution >= 0.6 is 0 Å². The maximum absolute atomic E-state index is 5.51. The molecule has 3 atom stereocenters. The van der Waals surface area contributed by atoms with Crippen LogP contribution in [0.4, 0.5) is 11.5 Å². The van der Waals surface area contributed by atoms with Crippen molar-refractivity contribution in [2.75, 3.05) is 4.90 Å². The third-order valence-electron chi connectivity index (χ3n) is 11.8. The Morgan fingerprint density at radius 2 is 1.35 bits per heavy atom. The van der Waals surface area contributed by atoms with Crippen LogP contribution in [0.5, 0.6) is 0 Å². The summed E-state index contributed by atoms with van der Waals surface area (Å²) in [5.74, 6) is 1.37. The van der Waals surface area contributed by atoms with E-state index in [1.54, 1.807) is 0 Å². The molecule has 3 aliphatic carbocycles. The zero-order valence-corrected chi connectivity index (χ0v) is 28.3. The summed E-state index contributed by atoms with van der Waals surface area (Å²) in [5.41, 5.74) is 15.3. The molecule has 4 heteroatoms. The van der Waals surface area contributed by atoms with Crippen molar-refractivity contribution in [3.05, 3.63) is 179 Å². The zero-order valence-electron chi connectivity index (χ0n) is 28.3. The molecule has 52 heavy (non-hydrogen) atoms. The molecule has 0 saturated heterocycles. The fraction of sp³-hybridized carbons (Fsp3) is 0.0833. The molecule has 0 spiro atoms. The van der Waals surface area contributed by atoms with Gasteiger partial charge in [0.1, 0.15) is 5.69 Å². The molecule has 3 unspecified atom stereocenters. The van der Waals surface area contributed by atoms with Crippen molar-refractivity contribution < 1.29 is 0 Å². The van der Waals surface area contributed by atoms with E-state index >= 15 is 0 Å². The maximum atomic E-state index is 5.51. The summed E-state index contributed by atoms with van der Waals surface area (Å²) in [7, 11) is 0. The molecule has 244 valence electrons. The highest BCUT2D eigenvalue weighted by atomic mass is 15.3. The summed E-state index contributed by atoms with van der Waals surface area (Å²) in [6.45, 7) is 0. The van der Waals surface area contributed by atoms with Crippen LogP contribution in [0.15, 0.2) is 157 Å². The highest BCUT2D eigenvalue weighted by Gasteiger charge is 2.41. The van der Waals surface area contributed by atoms with Gasteiger partial charge in [0, 0.05) is 44.8 Å². The molecule has 5 aromatic carbocycles. The molecule has 5 aliphatic rings. The van der Waals surface area contributed by atoms with Crippen LogP contribution in [-0.4, -0.2) is 20.6 Å². The summed E-state index contributed by atoms with van der Waals surface area (Å²) in [6, 6.07) is 41.8. The average Bonchev–Trinajstić information content (AvgIpc) is 3.66. The van der Waals surface area contributed by atoms with E-state index in [1.807, 2.05) is 0 Å². The summed E-state index contributed by atoms with van der Waals surface area (Å²) in [5, 5.41) is 3.81. The SMILES string of the molecule is C1=CC2=C(c3nc4ccccc4nc3N3c4ccccc4C4C=c5c(c6cccc7c6n5-c5ccccc5-c5ccccc5-7)=CC43)C=CCC2C=C1. The number of hydrogen-bond acceptors (Lipinski definition) is 3. The molecule has 0 N–H and O–H groups in total. The van der Waals surface area contributed by atoms with Gasteiger partial charge in [-0.3, -0.25) is 0 Å². The summed E-state index contributed by atoms with van der Waals surface area (Å²) >= 11 is 0. The minimum atomic E-state index is 0.0167. The summed E-state index contributed by atoms with van der Waals surface area (Å²) < 4.78 is 2.54. The number of aromatic nitrogens is 3. The highest BCUT2D eigenvalue weighted by Crippen LogP contribution is 2.50. The standard InChI is InChI=1S/C48H32N4/c1-2-15-30-29(13-1)14-11-20-35(30)46-48(50-41-24-8-7-23-40(41)49-46)52-43-26-10-6-19-34(43)38-27-44-39(28-45(38)52)37-22-12-21-36-32-17-4-3-16-31(32)33-18-5-9-25-42(33)51(44)47(36)37/h1-13,15-29,38,45H,14H2. The van der Waals surface area contributed by atoms with E-state index in [2.05, 4.69) is 173 Å². The second-order valence-electron chi connectivity index (χ2n) is 14.4. The van der Waals surface area contributed by atoms with E-state index in [4.69, 9.17) is 9.97 Å². The number of hydrogen-bond donors (Lipinski definition) is 0. The Bertz CT molecular complexity index is 2970. The smallest absolute Gasteiger partial charge is 0.161 e. The first-order chi connectivity index (χ1) is 25.8. The van der Waals surface area contributed by atoms with Crippen molar-refractivity contribution in [3.8, 4) is 27.9 Å². The molecule has 0 radical (unpaired) electrons. The Morgan fingerprint density at radius 1 is 0.615 bits per heavy atom. The van der Waals surface area contributed by atoms with Crippen LogP contribution in [0.1, 0.15) is 23.6 Å². The topological polar surface area (TPSA) is 34.0 Å². The molecule has 2 aliphatic heterocycles. The first kappa shape index (κ1) is 28.2. The lowest BCUT2D eigenvalue weighted by atomic mass is 9.83. The van der Waals surface area contributed by atoms with Gasteiger partial charge in [0.25, 0.3) is 0 Å². The van der Waals surface area contributed by atoms with Gasteiger partial charge < -0.3 is 9.47 Å². The maximum Gasteiger partial charge on any atom is 0.161 e. The van der Waals surface area contributed by atoms with E-state index in [9.17, 15) is 0 Å². The van der Waals surface area contributed by atoms with E-state index in [-0.39, 0.29) is 12.0 Å². The van der Waals surface area contributed by atoms with Crippen molar-refractivity contribution in [2.24, 2.45) is 5.92 Å². The highest BCUT2D eigenvalue weighted by molar-refractivity contribution is 6.04. The lowest BCUT2D eigenvalue weighted by molar-refractivity contribution is 0.778. The largest absolute Gasteiger partial charge is 0.316 e. The first-order valence-electron chi connectivity index (χ1n) is 18.3. The monoisotopic (exact) mass is 664 g/mol. The number of para-hydroxylation sites is 5. The Balaban J connectivity index is 1.16. The van der Waals surface area contributed by atoms with E-state index in [0.29, 0.717) is 5.92 Å². The zero-order chi connectivity index (χ0) is 33.9. The molecule has 2 aromatic heterocycles. The molecular weight excluding hydrogens is 633 g/mol. The Labute approximate surface area is 301 Å². The van der Waals surface area contributed by atoms with Gasteiger partial charge in [-0.2, -0.15) is 0 Å². The quantitative estimate of drug-likeness (QED) is 0.185. The van der Waals surface area contributed by atoms with E-state index in [1.165, 1.54) is 66.2 Å². The molecule has 7 aromatic rings. The molecule has 0 fully saturated rings. The number of nitrogens with zero attached hydrogens (tertiary/aromatic N) is 4. The predicted molar refractivity (Wildman–Crippen MR) is 213 cm³/mol. The second kappa shape index (κ2) is 10.5. The molecular formula is C48H32N4. The molecule has 4 heterocycles. The Kier molecular flexibility index (Phi) is 5.70. The van der Waals surface area contributed by atoms with Crippen LogP contribution in [0.2, 0.25) is 0 Å². The fourth-order valence-electron chi connectivity index (χ4n) is 9.56. The number of benzene rings is 5. The van der Waals surface area contributed by atoms with Gasteiger partial charge in [-0.15, -0.1) is 0 Å². The molecule has 0 amide bonds. The van der Waals surface area contributed by atoms with Gasteiger partial charge in [0.05, 0.1) is 33.6 Å². The number of allylic oxidation sites excluding steroid dienone is 8. The van der Waals surface area contributed by atoms with Gasteiger partial charge in [-0.1, -0.05) is 134 Å². The Hall–Kier alpha value is -6.52. The normalized spacial score (nSPS) is 20.0. The third kappa shape index (κ3) is 3.76. The van der Waals surface area contributed by atoms with Crippen LogP contribution < -0.4 is 15.5 Å². The summed E-state index contributed by atoms with van der Waals surface area (Å²) in [6.07, 6.45) is 19.5. The Morgan fingerprint density at radius 3 is 2.23 bits per heavy atom. The van der Waals surface area contributed by atoms with Gasteiger partial charge in [0.2, 0.25) is 0 Å². The molecule has 0 bridgehead atoms. The van der Waals surface area contributed by atoms with E-state index < -0.39 is 0 Å². The second-order valence-corrected chi connectivity index (χ2v) is 14.4. The number of anilines is 2. The number of fused-ring (bicyclic) bond motifs is 13. The van der Waals surface area contributed by atoms with Gasteiger partial charge in [-0.25, -0.2) is 9.97 Å². The molecule has 4 nitrogen and oxygen atoms in total. The van der Waals surface area contributed by atoms with Gasteiger partial charge in [0.15, 0.2) is 5.82 Å². The van der Waals surface area contributed by atoms with Gasteiger partial charge >= 0.3 is 0 Å². The van der Waals surface area contributed by atoms with E-state index in [0.717, 1.165) is 34.5 Å². The average molecular weight is 665 g/mol.